The van der Waals surface area contributed by atoms with Gasteiger partial charge in [0.15, 0.2) is 5.78 Å². The maximum absolute atomic E-state index is 13.3. The number of aliphatic hydroxyl groups excluding tert-OH is 1. The van der Waals surface area contributed by atoms with E-state index in [9.17, 15) is 14.0 Å². The Morgan fingerprint density at radius 3 is 2.95 bits per heavy atom. The van der Waals surface area contributed by atoms with Crippen molar-refractivity contribution in [3.8, 4) is 0 Å². The summed E-state index contributed by atoms with van der Waals surface area (Å²) in [5, 5.41) is 8.65. The fourth-order valence-electron chi connectivity index (χ4n) is 2.30. The van der Waals surface area contributed by atoms with Gasteiger partial charge in [0.2, 0.25) is 0 Å². The van der Waals surface area contributed by atoms with Crippen molar-refractivity contribution in [2.24, 2.45) is 5.92 Å². The molecular weight excluding hydrogens is 265 g/mol. The number of carbonyl (C=O) groups excluding carboxylic acids is 2. The highest BCUT2D eigenvalue weighted by molar-refractivity contribution is 6.13. The molecule has 0 saturated heterocycles. The van der Waals surface area contributed by atoms with E-state index in [0.717, 1.165) is 6.07 Å². The zero-order valence-electron chi connectivity index (χ0n) is 11.1. The Morgan fingerprint density at radius 2 is 2.30 bits per heavy atom. The van der Waals surface area contributed by atoms with E-state index in [0.29, 0.717) is 12.2 Å². The maximum atomic E-state index is 13.3. The molecule has 5 nitrogen and oxygen atoms in total. The second-order valence-corrected chi connectivity index (χ2v) is 4.51. The van der Waals surface area contributed by atoms with Crippen LogP contribution in [0.2, 0.25) is 0 Å². The molecule has 2 rings (SSSR count). The number of nitrogens with zero attached hydrogens (tertiary/aromatic N) is 1. The molecule has 0 amide bonds. The van der Waals surface area contributed by atoms with Crippen LogP contribution in [0.4, 0.5) is 10.1 Å². The molecule has 0 radical (unpaired) electrons. The smallest absolute Gasteiger partial charge is 0.318 e. The van der Waals surface area contributed by atoms with E-state index in [2.05, 4.69) is 0 Å². The Morgan fingerprint density at radius 1 is 1.55 bits per heavy atom. The number of rotatable bonds is 4. The number of carbonyl (C=O) groups is 2. The van der Waals surface area contributed by atoms with Crippen molar-refractivity contribution in [3.05, 3.63) is 29.6 Å². The van der Waals surface area contributed by atoms with Gasteiger partial charge in [-0.15, -0.1) is 0 Å². The number of halogens is 1. The summed E-state index contributed by atoms with van der Waals surface area (Å²) < 4.78 is 18.1. The van der Waals surface area contributed by atoms with Gasteiger partial charge < -0.3 is 14.7 Å². The molecule has 0 saturated carbocycles. The average molecular weight is 281 g/mol. The van der Waals surface area contributed by atoms with Crippen molar-refractivity contribution in [1.82, 2.24) is 0 Å². The number of aliphatic hydroxyl groups is 1. The van der Waals surface area contributed by atoms with Gasteiger partial charge in [-0.05, 0) is 25.1 Å². The summed E-state index contributed by atoms with van der Waals surface area (Å²) in [5.74, 6) is -2.61. The Kier molecular flexibility index (Phi) is 4.34. The fraction of sp³-hybridized carbons (Fsp3) is 0.429. The normalized spacial score (nSPS) is 17.9. The van der Waals surface area contributed by atoms with Gasteiger partial charge in [0, 0.05) is 24.3 Å². The topological polar surface area (TPSA) is 66.8 Å². The molecule has 1 aliphatic heterocycles. The minimum Gasteiger partial charge on any atom is -0.463 e. The van der Waals surface area contributed by atoms with Crippen LogP contribution in [0, 0.1) is 11.7 Å². The average Bonchev–Trinajstić information content (AvgIpc) is 2.45. The third-order valence-electron chi connectivity index (χ3n) is 3.29. The van der Waals surface area contributed by atoms with E-state index in [1.54, 1.807) is 6.07 Å². The summed E-state index contributed by atoms with van der Waals surface area (Å²) in [6.45, 7) is 2.24. The van der Waals surface area contributed by atoms with Crippen molar-refractivity contribution >= 4 is 17.4 Å². The molecule has 1 N–H and O–H groups in total. The first-order valence-electron chi connectivity index (χ1n) is 6.44. The molecule has 20 heavy (non-hydrogen) atoms. The van der Waals surface area contributed by atoms with Crippen molar-refractivity contribution in [3.63, 3.8) is 0 Å². The molecule has 0 aromatic heterocycles. The number of fused-ring (bicyclic) bond motifs is 1. The number of benzene rings is 1. The minimum atomic E-state index is -0.976. The Hall–Kier alpha value is -1.95. The Balaban J connectivity index is 2.32. The van der Waals surface area contributed by atoms with Crippen LogP contribution in [-0.2, 0) is 9.53 Å². The zero-order chi connectivity index (χ0) is 14.7. The standard InChI is InChI=1S/C14H16FNO4/c1-2-16-8-11(14(19)20-6-5-17)13(18)10-7-9(15)3-4-12(10)16/h3-4,7,11,17H,2,5-6,8H2,1H3. The molecule has 1 aromatic rings. The molecule has 0 spiro atoms. The molecule has 6 heteroatoms. The second kappa shape index (κ2) is 6.00. The first kappa shape index (κ1) is 14.5. The number of ketones is 1. The predicted octanol–water partition coefficient (Wildman–Crippen LogP) is 1.000. The fourth-order valence-corrected chi connectivity index (χ4v) is 2.30. The molecule has 108 valence electrons. The van der Waals surface area contributed by atoms with Gasteiger partial charge in [-0.3, -0.25) is 9.59 Å². The van der Waals surface area contributed by atoms with E-state index in [4.69, 9.17) is 9.84 Å². The van der Waals surface area contributed by atoms with Crippen LogP contribution >= 0.6 is 0 Å². The van der Waals surface area contributed by atoms with Crippen LogP contribution in [0.5, 0.6) is 0 Å². The molecule has 1 heterocycles. The molecule has 1 aliphatic rings. The molecule has 1 atom stereocenters. The van der Waals surface area contributed by atoms with Crippen LogP contribution in [0.3, 0.4) is 0 Å². The highest BCUT2D eigenvalue weighted by atomic mass is 19.1. The van der Waals surface area contributed by atoms with Crippen LogP contribution in [0.1, 0.15) is 17.3 Å². The summed E-state index contributed by atoms with van der Waals surface area (Å²) >= 11 is 0. The van der Waals surface area contributed by atoms with Gasteiger partial charge in [-0.25, -0.2) is 4.39 Å². The molecule has 1 aromatic carbocycles. The number of hydrogen-bond acceptors (Lipinski definition) is 5. The quantitative estimate of drug-likeness (QED) is 0.659. The van der Waals surface area contributed by atoms with Crippen LogP contribution < -0.4 is 4.90 Å². The van der Waals surface area contributed by atoms with Gasteiger partial charge in [0.25, 0.3) is 0 Å². The Bertz CT molecular complexity index is 532. The zero-order valence-corrected chi connectivity index (χ0v) is 11.1. The summed E-state index contributed by atoms with van der Waals surface area (Å²) in [4.78, 5) is 26.0. The van der Waals surface area contributed by atoms with E-state index in [1.807, 2.05) is 11.8 Å². The van der Waals surface area contributed by atoms with Crippen LogP contribution in [0.15, 0.2) is 18.2 Å². The first-order chi connectivity index (χ1) is 9.58. The van der Waals surface area contributed by atoms with Crippen LogP contribution in [-0.4, -0.2) is 43.2 Å². The van der Waals surface area contributed by atoms with Gasteiger partial charge in [-0.1, -0.05) is 0 Å². The van der Waals surface area contributed by atoms with Crippen molar-refractivity contribution < 1.29 is 23.8 Å². The third-order valence-corrected chi connectivity index (χ3v) is 3.29. The number of hydrogen-bond donors (Lipinski definition) is 1. The summed E-state index contributed by atoms with van der Waals surface area (Å²) in [7, 11) is 0. The lowest BCUT2D eigenvalue weighted by Crippen LogP contribution is -2.43. The third kappa shape index (κ3) is 2.65. The van der Waals surface area contributed by atoms with Crippen molar-refractivity contribution in [1.29, 1.82) is 0 Å². The highest BCUT2D eigenvalue weighted by Gasteiger charge is 2.37. The summed E-state index contributed by atoms with van der Waals surface area (Å²) in [5.41, 5.74) is 0.828. The number of ether oxygens (including phenoxy) is 1. The van der Waals surface area contributed by atoms with Gasteiger partial charge in [-0.2, -0.15) is 0 Å². The Labute approximate surface area is 116 Å². The van der Waals surface area contributed by atoms with E-state index in [1.165, 1.54) is 6.07 Å². The lowest BCUT2D eigenvalue weighted by Gasteiger charge is -2.33. The number of anilines is 1. The van der Waals surface area contributed by atoms with Crippen LogP contribution in [0.25, 0.3) is 0 Å². The lowest BCUT2D eigenvalue weighted by molar-refractivity contribution is -0.147. The van der Waals surface area contributed by atoms with E-state index >= 15 is 0 Å². The molecule has 0 fully saturated rings. The second-order valence-electron chi connectivity index (χ2n) is 4.51. The van der Waals surface area contributed by atoms with Crippen molar-refractivity contribution in [2.75, 3.05) is 31.2 Å². The van der Waals surface area contributed by atoms with Gasteiger partial charge >= 0.3 is 5.97 Å². The monoisotopic (exact) mass is 281 g/mol. The molecule has 1 unspecified atom stereocenters. The first-order valence-corrected chi connectivity index (χ1v) is 6.44. The summed E-state index contributed by atoms with van der Waals surface area (Å²) in [6, 6.07) is 3.98. The van der Waals surface area contributed by atoms with Gasteiger partial charge in [0.1, 0.15) is 18.3 Å². The minimum absolute atomic E-state index is 0.148. The largest absolute Gasteiger partial charge is 0.463 e. The number of Topliss-reactive ketones (excluding diaryl/α,β-unsaturated/α-hetero) is 1. The maximum Gasteiger partial charge on any atom is 0.318 e. The molecule has 0 bridgehead atoms. The highest BCUT2D eigenvalue weighted by Crippen LogP contribution is 2.30. The van der Waals surface area contributed by atoms with E-state index in [-0.39, 0.29) is 25.3 Å². The van der Waals surface area contributed by atoms with Gasteiger partial charge in [0.05, 0.1) is 6.61 Å². The number of esters is 1. The van der Waals surface area contributed by atoms with Crippen molar-refractivity contribution in [2.45, 2.75) is 6.92 Å². The van der Waals surface area contributed by atoms with E-state index < -0.39 is 23.5 Å². The lowest BCUT2D eigenvalue weighted by atomic mass is 9.91. The molecule has 0 aliphatic carbocycles. The summed E-state index contributed by atoms with van der Waals surface area (Å²) in [6.07, 6.45) is 0. The SMILES string of the molecule is CCN1CC(C(=O)OCCO)C(=O)c2cc(F)ccc21. The predicted molar refractivity (Wildman–Crippen MR) is 70.2 cm³/mol. The molecular formula is C14H16FNO4.